The molecule has 0 unspecified atom stereocenters. The van der Waals surface area contributed by atoms with E-state index in [2.05, 4.69) is 6.92 Å². The molecule has 4 aliphatic heterocycles. The topological polar surface area (TPSA) is 258 Å². The molecular weight excluding hydrogens is 1020 g/mol. The van der Waals surface area contributed by atoms with Crippen LogP contribution in [0.15, 0.2) is 48.1 Å². The molecule has 7 fully saturated rings. The number of benzene rings is 1. The number of carbonyl (C=O) groups excluding carboxylic acids is 1. The zero-order chi connectivity index (χ0) is 56.3. The molecule has 1 aromatic carbocycles. The molecule has 0 amide bonds. The monoisotopic (exact) mass is 1100 g/mol. The van der Waals surface area contributed by atoms with Crippen LogP contribution in [0.5, 0.6) is 0 Å². The zero-order valence-corrected chi connectivity index (χ0v) is 47.2. The number of hydrogen-bond donors (Lipinski definition) is 6. The molecule has 9 rings (SSSR count). The first-order chi connectivity index (χ1) is 37.0. The summed E-state index contributed by atoms with van der Waals surface area (Å²) in [6.45, 7) is 12.6. The van der Waals surface area contributed by atoms with Gasteiger partial charge in [-0.25, -0.2) is 4.79 Å². The quantitative estimate of drug-likeness (QED) is 0.0777. The van der Waals surface area contributed by atoms with Crippen molar-refractivity contribution in [1.82, 2.24) is 0 Å². The van der Waals surface area contributed by atoms with Crippen LogP contribution < -0.4 is 0 Å². The second kappa shape index (κ2) is 23.6. The van der Waals surface area contributed by atoms with Crippen molar-refractivity contribution in [3.63, 3.8) is 0 Å². The summed E-state index contributed by atoms with van der Waals surface area (Å²) >= 11 is 0. The highest BCUT2D eigenvalue weighted by Crippen LogP contribution is 2.71. The minimum absolute atomic E-state index is 0.00562. The Hall–Kier alpha value is -2.55. The second-order valence-electron chi connectivity index (χ2n) is 23.9. The highest BCUT2D eigenvalue weighted by atomic mass is 16.8. The standard InChI is InChI=1S/C58H88O20/c1-30-47(61)52(69-11)48(62)53(73-30)78-51-33(4)72-46(28-40(51)68-10)77-50-32(3)71-45(27-39(50)67-9)76-49-31(2)70-44(26-38(49)66-8)74-37-20-21-54(6)36(25-37)19-22-57(64)41(54)29-42(75-43(60)18-17-35-15-13-12-14-16-35)55(7)56(63,34(5)59)23-24-58(55,57)65/h12-19,30-34,37-42,44-53,59,61-65H,20-29H2,1-11H3/t30-,31-,32-,33+,34-,37-,38-,39-,40+,41+,42+,44+,45-,46-,47+,48+,49+,50-,51-,52-,53+,54-,55+,56-,57+,58-/m0/s1. The van der Waals surface area contributed by atoms with Crippen LogP contribution in [0.4, 0.5) is 0 Å². The summed E-state index contributed by atoms with van der Waals surface area (Å²) < 4.78 is 81.1. The minimum Gasteiger partial charge on any atom is -0.458 e. The van der Waals surface area contributed by atoms with Crippen LogP contribution in [-0.4, -0.2) is 205 Å². The van der Waals surface area contributed by atoms with Gasteiger partial charge in [0.1, 0.15) is 59.5 Å². The molecular formula is C58H88O20. The Morgan fingerprint density at radius 1 is 0.679 bits per heavy atom. The van der Waals surface area contributed by atoms with Crippen molar-refractivity contribution in [2.45, 2.75) is 252 Å². The van der Waals surface area contributed by atoms with E-state index in [0.29, 0.717) is 38.5 Å². The molecule has 4 heterocycles. The lowest BCUT2D eigenvalue weighted by Crippen LogP contribution is -2.78. The van der Waals surface area contributed by atoms with Gasteiger partial charge in [-0.15, -0.1) is 0 Å². The normalized spacial score (nSPS) is 49.1. The fraction of sp³-hybridized carbons (Fsp3) is 0.810. The molecule has 26 atom stereocenters. The van der Waals surface area contributed by atoms with E-state index in [4.69, 9.17) is 61.6 Å². The largest absolute Gasteiger partial charge is 0.458 e. The van der Waals surface area contributed by atoms with Crippen LogP contribution in [0.1, 0.15) is 118 Å². The molecule has 0 spiro atoms. The van der Waals surface area contributed by atoms with Crippen molar-refractivity contribution in [2.24, 2.45) is 16.7 Å². The molecule has 4 saturated heterocycles. The van der Waals surface area contributed by atoms with E-state index in [-0.39, 0.29) is 31.8 Å². The molecule has 20 heteroatoms. The smallest absolute Gasteiger partial charge is 0.331 e. The molecule has 3 saturated carbocycles. The predicted molar refractivity (Wildman–Crippen MR) is 278 cm³/mol. The summed E-state index contributed by atoms with van der Waals surface area (Å²) in [4.78, 5) is 13.6. The van der Waals surface area contributed by atoms with Gasteiger partial charge in [0.25, 0.3) is 0 Å². The van der Waals surface area contributed by atoms with Crippen molar-refractivity contribution in [3.05, 3.63) is 53.6 Å². The molecule has 0 radical (unpaired) electrons. The van der Waals surface area contributed by atoms with Crippen molar-refractivity contribution < 1.29 is 97.0 Å². The van der Waals surface area contributed by atoms with E-state index in [9.17, 15) is 35.4 Å². The molecule has 6 N–H and O–H groups in total. The average molecular weight is 1110 g/mol. The van der Waals surface area contributed by atoms with E-state index >= 15 is 0 Å². The van der Waals surface area contributed by atoms with E-state index in [1.54, 1.807) is 41.3 Å². The molecule has 78 heavy (non-hydrogen) atoms. The summed E-state index contributed by atoms with van der Waals surface area (Å²) in [6, 6.07) is 9.34. The zero-order valence-electron chi connectivity index (χ0n) is 47.2. The number of aliphatic hydroxyl groups is 6. The fourth-order valence-corrected chi connectivity index (χ4v) is 15.2. The lowest BCUT2D eigenvalue weighted by atomic mass is 9.42. The maximum atomic E-state index is 13.6. The van der Waals surface area contributed by atoms with Crippen LogP contribution >= 0.6 is 0 Å². The number of rotatable bonds is 16. The summed E-state index contributed by atoms with van der Waals surface area (Å²) in [5.41, 5.74) is -5.84. The van der Waals surface area contributed by atoms with Gasteiger partial charge < -0.3 is 92.2 Å². The van der Waals surface area contributed by atoms with Gasteiger partial charge in [0.15, 0.2) is 25.2 Å². The van der Waals surface area contributed by atoms with E-state index in [1.807, 2.05) is 57.2 Å². The molecule has 8 aliphatic rings. The Kier molecular flexibility index (Phi) is 18.2. The van der Waals surface area contributed by atoms with Crippen molar-refractivity contribution in [3.8, 4) is 0 Å². The molecule has 20 nitrogen and oxygen atoms in total. The fourth-order valence-electron chi connectivity index (χ4n) is 15.2. The lowest BCUT2D eigenvalue weighted by molar-refractivity contribution is -0.356. The summed E-state index contributed by atoms with van der Waals surface area (Å²) in [5.74, 6) is -1.21. The molecule has 0 aromatic heterocycles. The number of methoxy groups -OCH3 is 4. The number of fused-ring (bicyclic) bond motifs is 5. The second-order valence-corrected chi connectivity index (χ2v) is 23.9. The molecule has 440 valence electrons. The Labute approximate surface area is 458 Å². The average Bonchev–Trinajstić information content (AvgIpc) is 2.87. The Morgan fingerprint density at radius 2 is 1.23 bits per heavy atom. The summed E-state index contributed by atoms with van der Waals surface area (Å²) in [6.07, 6.45) is -5.94. The number of aliphatic hydroxyl groups excluding tert-OH is 3. The number of esters is 1. The van der Waals surface area contributed by atoms with Gasteiger partial charge in [-0.05, 0) is 96.6 Å². The molecule has 4 aliphatic carbocycles. The number of ether oxygens (including phenoxy) is 13. The van der Waals surface area contributed by atoms with Gasteiger partial charge in [-0.2, -0.15) is 0 Å². The van der Waals surface area contributed by atoms with E-state index < -0.39 is 156 Å². The third-order valence-electron chi connectivity index (χ3n) is 19.8. The maximum absolute atomic E-state index is 13.6. The van der Waals surface area contributed by atoms with Crippen molar-refractivity contribution in [2.75, 3.05) is 28.4 Å². The van der Waals surface area contributed by atoms with Crippen molar-refractivity contribution in [1.29, 1.82) is 0 Å². The van der Waals surface area contributed by atoms with Gasteiger partial charge in [0.2, 0.25) is 0 Å². The lowest BCUT2D eigenvalue weighted by Gasteiger charge is -2.67. The third-order valence-corrected chi connectivity index (χ3v) is 19.8. The van der Waals surface area contributed by atoms with Crippen LogP contribution in [0.2, 0.25) is 0 Å². The summed E-state index contributed by atoms with van der Waals surface area (Å²) in [5, 5.41) is 70.8. The SMILES string of the molecule is CO[C@@H]1[C@@H](O)[C@@H](O[C@H]2[C@@H](C)O[C@@H](O[C@H]3[C@H](C)O[C@@H](O[C@@H]4[C@H](C)O[C@H](O[C@H]5CC[C@@]6(C)C(=CC[C@@]7(O)[C@@H]6C[C@@H](OC(=O)C=Cc6ccccc6)[C@@]6(C)[C@@]7(O)CC[C@]6(O)[C@H](C)O)C5)C[C@@H]4OC)C[C@@H]3OC)C[C@H]2OC)O[C@@H](C)[C@H]1O. The predicted octanol–water partition coefficient (Wildman–Crippen LogP) is 4.00. The van der Waals surface area contributed by atoms with Crippen LogP contribution in [-0.2, 0) is 66.4 Å². The van der Waals surface area contributed by atoms with Gasteiger partial charge in [-0.3, -0.25) is 0 Å². The van der Waals surface area contributed by atoms with Crippen molar-refractivity contribution >= 4 is 12.0 Å². The van der Waals surface area contributed by atoms with E-state index in [0.717, 1.165) is 11.1 Å². The highest BCUT2D eigenvalue weighted by Gasteiger charge is 2.81. The van der Waals surface area contributed by atoms with Gasteiger partial charge in [0, 0.05) is 59.7 Å². The van der Waals surface area contributed by atoms with E-state index in [1.165, 1.54) is 20.1 Å². The Bertz CT molecular complexity index is 2250. The Morgan fingerprint density at radius 3 is 1.77 bits per heavy atom. The third kappa shape index (κ3) is 10.6. The molecule has 0 bridgehead atoms. The highest BCUT2D eigenvalue weighted by molar-refractivity contribution is 5.87. The summed E-state index contributed by atoms with van der Waals surface area (Å²) in [7, 11) is 6.25. The van der Waals surface area contributed by atoms with Crippen LogP contribution in [0.3, 0.4) is 0 Å². The number of hydrogen-bond acceptors (Lipinski definition) is 20. The van der Waals surface area contributed by atoms with Gasteiger partial charge in [0.05, 0.1) is 60.4 Å². The first-order valence-corrected chi connectivity index (χ1v) is 28.2. The minimum atomic E-state index is -1.92. The molecule has 1 aromatic rings. The van der Waals surface area contributed by atoms with Gasteiger partial charge in [-0.1, -0.05) is 55.8 Å². The Balaban J connectivity index is 0.809. The first kappa shape index (κ1) is 60.1. The maximum Gasteiger partial charge on any atom is 0.331 e. The van der Waals surface area contributed by atoms with Crippen LogP contribution in [0.25, 0.3) is 6.08 Å². The first-order valence-electron chi connectivity index (χ1n) is 28.2. The van der Waals surface area contributed by atoms with Crippen LogP contribution in [0, 0.1) is 16.7 Å². The van der Waals surface area contributed by atoms with Gasteiger partial charge >= 0.3 is 5.97 Å². The number of carbonyl (C=O) groups is 1.